The van der Waals surface area contributed by atoms with E-state index in [1.807, 2.05) is 0 Å². The van der Waals surface area contributed by atoms with E-state index in [-0.39, 0.29) is 35.5 Å². The van der Waals surface area contributed by atoms with Gasteiger partial charge in [0.05, 0.1) is 30.3 Å². The number of amides is 1. The molecule has 2 atom stereocenters. The van der Waals surface area contributed by atoms with Crippen molar-refractivity contribution in [3.63, 3.8) is 0 Å². The van der Waals surface area contributed by atoms with Crippen LogP contribution in [0.25, 0.3) is 0 Å². The van der Waals surface area contributed by atoms with Gasteiger partial charge in [-0.1, -0.05) is 19.3 Å². The second-order valence-corrected chi connectivity index (χ2v) is 8.07. The summed E-state index contributed by atoms with van der Waals surface area (Å²) < 4.78 is 29.0. The van der Waals surface area contributed by atoms with Gasteiger partial charge in [0.25, 0.3) is 0 Å². The van der Waals surface area contributed by atoms with Crippen LogP contribution in [0.1, 0.15) is 32.1 Å². The molecule has 3 fully saturated rings. The highest BCUT2D eigenvalue weighted by molar-refractivity contribution is 7.91. The zero-order chi connectivity index (χ0) is 13.5. The fourth-order valence-corrected chi connectivity index (χ4v) is 5.44. The summed E-state index contributed by atoms with van der Waals surface area (Å²) in [5.74, 6) is 0.424. The van der Waals surface area contributed by atoms with Crippen LogP contribution in [0.2, 0.25) is 0 Å². The van der Waals surface area contributed by atoms with Crippen LogP contribution in [0.5, 0.6) is 0 Å². The summed E-state index contributed by atoms with van der Waals surface area (Å²) in [6, 6.07) is -0.242. The Hall–Kier alpha value is -0.620. The largest absolute Gasteiger partial charge is 0.373 e. The van der Waals surface area contributed by atoms with Crippen molar-refractivity contribution in [2.24, 2.45) is 5.92 Å². The van der Waals surface area contributed by atoms with Crippen LogP contribution in [0.15, 0.2) is 0 Å². The first kappa shape index (κ1) is 13.4. The number of rotatable bonds is 1. The lowest BCUT2D eigenvalue weighted by Gasteiger charge is -2.39. The van der Waals surface area contributed by atoms with E-state index in [0.29, 0.717) is 13.2 Å². The molecule has 2 unspecified atom stereocenters. The van der Waals surface area contributed by atoms with Gasteiger partial charge in [0.2, 0.25) is 5.91 Å². The van der Waals surface area contributed by atoms with Gasteiger partial charge in [0, 0.05) is 12.5 Å². The molecular formula is C13H21NO4S. The molecule has 2 saturated heterocycles. The standard InChI is InChI=1S/C13H21NO4S/c15-13(10-4-2-1-3-5-10)14-6-7-18-12-9-19(16,17)8-11(12)14/h10-12H,1-9H2. The van der Waals surface area contributed by atoms with Crippen LogP contribution >= 0.6 is 0 Å². The van der Waals surface area contributed by atoms with Crippen LogP contribution in [0.3, 0.4) is 0 Å². The number of nitrogens with zero attached hydrogens (tertiary/aromatic N) is 1. The van der Waals surface area contributed by atoms with E-state index in [2.05, 4.69) is 0 Å². The quantitative estimate of drug-likeness (QED) is 0.708. The normalized spacial score (nSPS) is 35.1. The van der Waals surface area contributed by atoms with Gasteiger partial charge >= 0.3 is 0 Å². The number of sulfone groups is 1. The van der Waals surface area contributed by atoms with Crippen LogP contribution in [0.4, 0.5) is 0 Å². The van der Waals surface area contributed by atoms with Crippen molar-refractivity contribution in [1.82, 2.24) is 4.90 Å². The molecule has 2 aliphatic heterocycles. The maximum absolute atomic E-state index is 12.6. The van der Waals surface area contributed by atoms with E-state index in [4.69, 9.17) is 4.74 Å². The minimum atomic E-state index is -3.04. The lowest BCUT2D eigenvalue weighted by Crippen LogP contribution is -2.54. The van der Waals surface area contributed by atoms with Gasteiger partial charge < -0.3 is 9.64 Å². The predicted molar refractivity (Wildman–Crippen MR) is 70.5 cm³/mol. The summed E-state index contributed by atoms with van der Waals surface area (Å²) in [6.07, 6.45) is 5.07. The molecule has 5 nitrogen and oxygen atoms in total. The Morgan fingerprint density at radius 2 is 1.84 bits per heavy atom. The molecule has 1 amide bonds. The van der Waals surface area contributed by atoms with Crippen LogP contribution in [-0.2, 0) is 19.4 Å². The van der Waals surface area contributed by atoms with Gasteiger partial charge in [-0.05, 0) is 12.8 Å². The zero-order valence-corrected chi connectivity index (χ0v) is 11.9. The van der Waals surface area contributed by atoms with Gasteiger partial charge in [0.15, 0.2) is 9.84 Å². The number of ether oxygens (including phenoxy) is 1. The smallest absolute Gasteiger partial charge is 0.226 e. The third-order valence-electron chi connectivity index (χ3n) is 4.57. The fourth-order valence-electron chi connectivity index (χ4n) is 3.57. The van der Waals surface area contributed by atoms with Gasteiger partial charge in [-0.3, -0.25) is 4.79 Å². The van der Waals surface area contributed by atoms with Crippen molar-refractivity contribution in [3.8, 4) is 0 Å². The summed E-state index contributed by atoms with van der Waals surface area (Å²) in [7, 11) is -3.04. The fraction of sp³-hybridized carbons (Fsp3) is 0.923. The molecule has 1 saturated carbocycles. The lowest BCUT2D eigenvalue weighted by atomic mass is 9.87. The van der Waals surface area contributed by atoms with Crippen LogP contribution in [0, 0.1) is 5.92 Å². The molecule has 6 heteroatoms. The van der Waals surface area contributed by atoms with Crippen molar-refractivity contribution >= 4 is 15.7 Å². The second kappa shape index (κ2) is 5.05. The van der Waals surface area contributed by atoms with E-state index >= 15 is 0 Å². The molecule has 1 aliphatic carbocycles. The first-order valence-electron chi connectivity index (χ1n) is 7.19. The van der Waals surface area contributed by atoms with Crippen LogP contribution in [-0.4, -0.2) is 56.0 Å². The van der Waals surface area contributed by atoms with Crippen molar-refractivity contribution < 1.29 is 17.9 Å². The van der Waals surface area contributed by atoms with E-state index in [0.717, 1.165) is 25.7 Å². The Morgan fingerprint density at radius 1 is 1.11 bits per heavy atom. The summed E-state index contributed by atoms with van der Waals surface area (Å²) in [6.45, 7) is 1.02. The molecule has 3 rings (SSSR count). The Bertz CT molecular complexity index is 455. The first-order valence-corrected chi connectivity index (χ1v) is 9.01. The number of fused-ring (bicyclic) bond motifs is 1. The van der Waals surface area contributed by atoms with Crippen molar-refractivity contribution in [2.75, 3.05) is 24.7 Å². The number of carbonyl (C=O) groups is 1. The molecule has 3 aliphatic rings. The SMILES string of the molecule is O=C(C1CCCCC1)N1CCOC2CS(=O)(=O)CC21. The van der Waals surface area contributed by atoms with E-state index in [9.17, 15) is 13.2 Å². The van der Waals surface area contributed by atoms with Crippen molar-refractivity contribution in [3.05, 3.63) is 0 Å². The van der Waals surface area contributed by atoms with Gasteiger partial charge in [-0.25, -0.2) is 8.42 Å². The van der Waals surface area contributed by atoms with Gasteiger partial charge in [-0.15, -0.1) is 0 Å². The molecular weight excluding hydrogens is 266 g/mol. The van der Waals surface area contributed by atoms with Gasteiger partial charge in [-0.2, -0.15) is 0 Å². The molecule has 0 aromatic heterocycles. The monoisotopic (exact) mass is 287 g/mol. The number of hydrogen-bond donors (Lipinski definition) is 0. The maximum atomic E-state index is 12.6. The topological polar surface area (TPSA) is 63.7 Å². The predicted octanol–water partition coefficient (Wildman–Crippen LogP) is 0.591. The van der Waals surface area contributed by atoms with Crippen molar-refractivity contribution in [1.29, 1.82) is 0 Å². The van der Waals surface area contributed by atoms with E-state index in [1.165, 1.54) is 6.42 Å². The summed E-state index contributed by atoms with van der Waals surface area (Å²) in [5.41, 5.74) is 0. The Morgan fingerprint density at radius 3 is 2.58 bits per heavy atom. The molecule has 108 valence electrons. The van der Waals surface area contributed by atoms with Gasteiger partial charge in [0.1, 0.15) is 0 Å². The van der Waals surface area contributed by atoms with Crippen LogP contribution < -0.4 is 0 Å². The molecule has 0 spiro atoms. The highest BCUT2D eigenvalue weighted by atomic mass is 32.2. The Balaban J connectivity index is 1.74. The molecule has 0 bridgehead atoms. The van der Waals surface area contributed by atoms with E-state index < -0.39 is 9.84 Å². The summed E-state index contributed by atoms with van der Waals surface area (Å²) >= 11 is 0. The molecule has 19 heavy (non-hydrogen) atoms. The number of morpholine rings is 1. The Kier molecular flexibility index (Phi) is 3.55. The molecule has 0 aromatic rings. The Labute approximate surface area is 114 Å². The summed E-state index contributed by atoms with van der Waals surface area (Å²) in [5, 5.41) is 0. The lowest BCUT2D eigenvalue weighted by molar-refractivity contribution is -0.148. The second-order valence-electron chi connectivity index (χ2n) is 5.92. The first-order chi connectivity index (χ1) is 9.07. The number of carbonyl (C=O) groups excluding carboxylic acids is 1. The molecule has 2 heterocycles. The average Bonchev–Trinajstić information content (AvgIpc) is 2.72. The molecule has 0 aromatic carbocycles. The van der Waals surface area contributed by atoms with Crippen molar-refractivity contribution in [2.45, 2.75) is 44.2 Å². The minimum Gasteiger partial charge on any atom is -0.373 e. The molecule has 0 radical (unpaired) electrons. The average molecular weight is 287 g/mol. The number of hydrogen-bond acceptors (Lipinski definition) is 4. The third kappa shape index (κ3) is 2.65. The highest BCUT2D eigenvalue weighted by Gasteiger charge is 2.46. The molecule has 0 N–H and O–H groups in total. The third-order valence-corrected chi connectivity index (χ3v) is 6.26. The van der Waals surface area contributed by atoms with E-state index in [1.54, 1.807) is 4.90 Å². The summed E-state index contributed by atoms with van der Waals surface area (Å²) in [4.78, 5) is 14.4. The zero-order valence-electron chi connectivity index (χ0n) is 11.1. The maximum Gasteiger partial charge on any atom is 0.226 e. The minimum absolute atomic E-state index is 0.0755. The highest BCUT2D eigenvalue weighted by Crippen LogP contribution is 2.30.